The highest BCUT2D eigenvalue weighted by atomic mass is 32.1. The summed E-state index contributed by atoms with van der Waals surface area (Å²) in [5.74, 6) is -0.0632. The van der Waals surface area contributed by atoms with Gasteiger partial charge in [0.15, 0.2) is 5.13 Å². The fraction of sp³-hybridized carbons (Fsp3) is 0.190. The molecule has 0 saturated heterocycles. The highest BCUT2D eigenvalue weighted by Gasteiger charge is 2.17. The van der Waals surface area contributed by atoms with Gasteiger partial charge < -0.3 is 0 Å². The molecule has 0 fully saturated rings. The number of carbonyl (C=O) groups excluding carboxylic acids is 1. The van der Waals surface area contributed by atoms with E-state index in [1.165, 1.54) is 11.3 Å². The quantitative estimate of drug-likeness (QED) is 0.529. The minimum atomic E-state index is -0.0632. The number of aromatic nitrogens is 3. The van der Waals surface area contributed by atoms with Gasteiger partial charge in [0.1, 0.15) is 0 Å². The van der Waals surface area contributed by atoms with Gasteiger partial charge in [-0.05, 0) is 49.7 Å². The predicted octanol–water partition coefficient (Wildman–Crippen LogP) is 4.43. The van der Waals surface area contributed by atoms with Gasteiger partial charge in [0.2, 0.25) is 0 Å². The van der Waals surface area contributed by atoms with Crippen molar-refractivity contribution in [2.45, 2.75) is 20.4 Å². The zero-order valence-corrected chi connectivity index (χ0v) is 16.3. The number of thiazole rings is 1. The van der Waals surface area contributed by atoms with Crippen LogP contribution in [-0.4, -0.2) is 27.7 Å². The molecule has 0 radical (unpaired) electrons. The Hall–Kier alpha value is -2.99. The van der Waals surface area contributed by atoms with Crippen LogP contribution in [0.3, 0.4) is 0 Å². The van der Waals surface area contributed by atoms with Gasteiger partial charge in [-0.15, -0.1) is 0 Å². The number of amides is 1. The van der Waals surface area contributed by atoms with Gasteiger partial charge in [-0.3, -0.25) is 14.4 Å². The summed E-state index contributed by atoms with van der Waals surface area (Å²) in [6, 6.07) is 17.7. The molecule has 2 heterocycles. The van der Waals surface area contributed by atoms with Crippen molar-refractivity contribution in [3.05, 3.63) is 77.1 Å². The summed E-state index contributed by atoms with van der Waals surface area (Å²) < 4.78 is 3.05. The smallest absolute Gasteiger partial charge is 0.259 e. The highest BCUT2D eigenvalue weighted by molar-refractivity contribution is 7.22. The summed E-state index contributed by atoms with van der Waals surface area (Å²) in [6.07, 6.45) is 0. The van der Waals surface area contributed by atoms with Crippen LogP contribution in [0.2, 0.25) is 0 Å². The molecule has 2 aromatic carbocycles. The first-order valence-corrected chi connectivity index (χ1v) is 9.56. The molecular weight excluding hydrogens is 356 g/mol. The van der Waals surface area contributed by atoms with Crippen molar-refractivity contribution in [2.75, 3.05) is 11.9 Å². The molecule has 0 unspecified atom stereocenters. The van der Waals surface area contributed by atoms with Crippen LogP contribution in [0.1, 0.15) is 27.3 Å². The molecule has 0 spiro atoms. The Kier molecular flexibility index (Phi) is 4.49. The first-order valence-electron chi connectivity index (χ1n) is 8.75. The lowest BCUT2D eigenvalue weighted by molar-refractivity contribution is 0.0993. The van der Waals surface area contributed by atoms with Gasteiger partial charge in [-0.2, -0.15) is 5.10 Å². The summed E-state index contributed by atoms with van der Waals surface area (Å²) >= 11 is 1.52. The number of anilines is 1. The molecule has 136 valence electrons. The first-order chi connectivity index (χ1) is 13.0. The number of aryl methyl sites for hydroxylation is 2. The van der Waals surface area contributed by atoms with Crippen LogP contribution in [0.5, 0.6) is 0 Å². The Labute approximate surface area is 161 Å². The lowest BCUT2D eigenvalue weighted by Crippen LogP contribution is -2.26. The minimum Gasteiger partial charge on any atom is -0.287 e. The molecule has 1 amide bonds. The number of nitrogens with zero attached hydrogens (tertiary/aromatic N) is 4. The van der Waals surface area contributed by atoms with Crippen LogP contribution in [0.15, 0.2) is 54.6 Å². The van der Waals surface area contributed by atoms with Gasteiger partial charge in [-0.25, -0.2) is 4.98 Å². The topological polar surface area (TPSA) is 51.0 Å². The zero-order chi connectivity index (χ0) is 19.0. The Morgan fingerprint density at radius 2 is 1.85 bits per heavy atom. The minimum absolute atomic E-state index is 0.0632. The fourth-order valence-corrected chi connectivity index (χ4v) is 3.97. The molecular formula is C21H20N4OS. The maximum atomic E-state index is 12.8. The number of carbonyl (C=O) groups is 1. The Bertz CT molecular complexity index is 1080. The van der Waals surface area contributed by atoms with Crippen molar-refractivity contribution in [1.82, 2.24) is 14.8 Å². The Morgan fingerprint density at radius 1 is 1.11 bits per heavy atom. The maximum Gasteiger partial charge on any atom is 0.259 e. The van der Waals surface area contributed by atoms with E-state index in [0.717, 1.165) is 27.2 Å². The van der Waals surface area contributed by atoms with E-state index in [1.807, 2.05) is 67.1 Å². The van der Waals surface area contributed by atoms with E-state index in [9.17, 15) is 4.79 Å². The number of hydrogen-bond donors (Lipinski definition) is 0. The largest absolute Gasteiger partial charge is 0.287 e. The third kappa shape index (κ3) is 3.48. The van der Waals surface area contributed by atoms with Crippen LogP contribution in [0, 0.1) is 13.8 Å². The molecule has 5 nitrogen and oxygen atoms in total. The van der Waals surface area contributed by atoms with E-state index >= 15 is 0 Å². The van der Waals surface area contributed by atoms with Crippen LogP contribution < -0.4 is 4.90 Å². The van der Waals surface area contributed by atoms with Crippen LogP contribution >= 0.6 is 11.3 Å². The second-order valence-corrected chi connectivity index (χ2v) is 7.62. The van der Waals surface area contributed by atoms with Crippen molar-refractivity contribution in [1.29, 1.82) is 0 Å². The lowest BCUT2D eigenvalue weighted by Gasteiger charge is -2.14. The SMILES string of the molecule is Cc1cc(C)n(Cc2ccc(C(=O)N(C)c3nc4ccccc4s3)cc2)n1. The number of hydrogen-bond acceptors (Lipinski definition) is 4. The molecule has 0 aliphatic rings. The molecule has 0 saturated carbocycles. The second kappa shape index (κ2) is 6.96. The third-order valence-corrected chi connectivity index (χ3v) is 5.62. The Balaban J connectivity index is 1.52. The normalized spacial score (nSPS) is 11.1. The monoisotopic (exact) mass is 376 g/mol. The van der Waals surface area contributed by atoms with Crippen molar-refractivity contribution in [3.8, 4) is 0 Å². The molecule has 0 atom stereocenters. The van der Waals surface area contributed by atoms with Crippen LogP contribution in [0.4, 0.5) is 5.13 Å². The molecule has 0 aliphatic carbocycles. The molecule has 4 aromatic rings. The van der Waals surface area contributed by atoms with Crippen molar-refractivity contribution < 1.29 is 4.79 Å². The summed E-state index contributed by atoms with van der Waals surface area (Å²) in [7, 11) is 1.77. The summed E-state index contributed by atoms with van der Waals surface area (Å²) in [5.41, 5.74) is 4.81. The second-order valence-electron chi connectivity index (χ2n) is 6.61. The average Bonchev–Trinajstić information content (AvgIpc) is 3.24. The van der Waals surface area contributed by atoms with Gasteiger partial charge >= 0.3 is 0 Å². The van der Waals surface area contributed by atoms with E-state index in [4.69, 9.17) is 0 Å². The number of rotatable bonds is 4. The standard InChI is InChI=1S/C21H20N4OS/c1-14-12-15(2)25(23-14)13-16-8-10-17(11-9-16)20(26)24(3)21-22-18-6-4-5-7-19(18)27-21/h4-12H,13H2,1-3H3. The van der Waals surface area contributed by atoms with E-state index in [1.54, 1.807) is 11.9 Å². The third-order valence-electron chi connectivity index (χ3n) is 4.51. The van der Waals surface area contributed by atoms with Crippen LogP contribution in [0.25, 0.3) is 10.2 Å². The fourth-order valence-electron chi connectivity index (χ4n) is 3.04. The van der Waals surface area contributed by atoms with E-state index in [0.29, 0.717) is 17.2 Å². The molecule has 0 aliphatic heterocycles. The molecule has 6 heteroatoms. The predicted molar refractivity (Wildman–Crippen MR) is 110 cm³/mol. The highest BCUT2D eigenvalue weighted by Crippen LogP contribution is 2.28. The van der Waals surface area contributed by atoms with Crippen LogP contribution in [-0.2, 0) is 6.54 Å². The molecule has 4 rings (SSSR count). The Morgan fingerprint density at radius 3 is 2.52 bits per heavy atom. The maximum absolute atomic E-state index is 12.8. The van der Waals surface area contributed by atoms with Gasteiger partial charge in [-0.1, -0.05) is 35.6 Å². The number of para-hydroxylation sites is 1. The summed E-state index contributed by atoms with van der Waals surface area (Å²) in [5, 5.41) is 5.19. The number of fused-ring (bicyclic) bond motifs is 1. The molecule has 0 N–H and O–H groups in total. The van der Waals surface area contributed by atoms with E-state index in [2.05, 4.69) is 16.1 Å². The number of benzene rings is 2. The van der Waals surface area contributed by atoms with Gasteiger partial charge in [0, 0.05) is 18.3 Å². The molecule has 0 bridgehead atoms. The lowest BCUT2D eigenvalue weighted by atomic mass is 10.1. The van der Waals surface area contributed by atoms with Crippen molar-refractivity contribution in [3.63, 3.8) is 0 Å². The molecule has 2 aromatic heterocycles. The first kappa shape index (κ1) is 17.4. The molecule has 27 heavy (non-hydrogen) atoms. The van der Waals surface area contributed by atoms with Crippen molar-refractivity contribution >= 4 is 32.6 Å². The summed E-state index contributed by atoms with van der Waals surface area (Å²) in [6.45, 7) is 4.73. The van der Waals surface area contributed by atoms with Gasteiger partial charge in [0.05, 0.1) is 22.5 Å². The van der Waals surface area contributed by atoms with E-state index < -0.39 is 0 Å². The van der Waals surface area contributed by atoms with E-state index in [-0.39, 0.29) is 5.91 Å². The summed E-state index contributed by atoms with van der Waals surface area (Å²) in [4.78, 5) is 19.0. The van der Waals surface area contributed by atoms with Gasteiger partial charge in [0.25, 0.3) is 5.91 Å². The zero-order valence-electron chi connectivity index (χ0n) is 15.5. The average molecular weight is 376 g/mol. The van der Waals surface area contributed by atoms with Crippen molar-refractivity contribution in [2.24, 2.45) is 0 Å².